The van der Waals surface area contributed by atoms with E-state index >= 15 is 0 Å². The van der Waals surface area contributed by atoms with E-state index in [2.05, 4.69) is 29.0 Å². The van der Waals surface area contributed by atoms with E-state index in [1.54, 1.807) is 12.4 Å². The minimum atomic E-state index is 0.559. The molecule has 4 nitrogen and oxygen atoms in total. The number of H-pyrrole nitrogens is 1. The van der Waals surface area contributed by atoms with Crippen LogP contribution < -0.4 is 0 Å². The van der Waals surface area contributed by atoms with Crippen LogP contribution in [0.25, 0.3) is 11.3 Å². The number of aromatic nitrogens is 2. The van der Waals surface area contributed by atoms with Gasteiger partial charge in [-0.2, -0.15) is 0 Å². The summed E-state index contributed by atoms with van der Waals surface area (Å²) in [5, 5.41) is 0. The van der Waals surface area contributed by atoms with Gasteiger partial charge in [0.15, 0.2) is 6.29 Å². The van der Waals surface area contributed by atoms with Crippen molar-refractivity contribution in [2.45, 2.75) is 13.3 Å². The molecule has 0 saturated carbocycles. The molecule has 0 aliphatic heterocycles. The Labute approximate surface area is 119 Å². The number of hydrogen-bond donors (Lipinski definition) is 1. The Hall–Kier alpha value is -2.36. The number of nitrogens with zero attached hydrogens (tertiary/aromatic N) is 2. The average molecular weight is 269 g/mol. The standard InChI is InChI=1S/C16H19N3O/c1-4-12-5-7-13(8-6-12)15(19(2)3)14(11-20)16-17-9-10-18-16/h5-11H,4H2,1-3H3,(H,17,18). The predicted molar refractivity (Wildman–Crippen MR) is 81.0 cm³/mol. The molecule has 20 heavy (non-hydrogen) atoms. The number of carbonyl (C=O) groups is 1. The highest BCUT2D eigenvalue weighted by atomic mass is 16.1. The third kappa shape index (κ3) is 2.79. The molecule has 0 atom stereocenters. The fourth-order valence-electron chi connectivity index (χ4n) is 2.19. The average Bonchev–Trinajstić information content (AvgIpc) is 2.98. The third-order valence-electron chi connectivity index (χ3n) is 3.21. The van der Waals surface area contributed by atoms with Crippen LogP contribution in [0, 0.1) is 0 Å². The van der Waals surface area contributed by atoms with Gasteiger partial charge >= 0.3 is 0 Å². The maximum absolute atomic E-state index is 11.5. The molecular weight excluding hydrogens is 250 g/mol. The van der Waals surface area contributed by atoms with Crippen molar-refractivity contribution in [1.82, 2.24) is 14.9 Å². The molecule has 4 heteroatoms. The van der Waals surface area contributed by atoms with Crippen molar-refractivity contribution in [3.8, 4) is 0 Å². The number of aromatic amines is 1. The molecule has 104 valence electrons. The molecule has 0 amide bonds. The van der Waals surface area contributed by atoms with Gasteiger partial charge in [0.05, 0.1) is 11.3 Å². The van der Waals surface area contributed by atoms with Gasteiger partial charge in [0, 0.05) is 26.5 Å². The van der Waals surface area contributed by atoms with Crippen LogP contribution in [0.4, 0.5) is 0 Å². The second-order valence-corrected chi connectivity index (χ2v) is 4.76. The lowest BCUT2D eigenvalue weighted by atomic mass is 10.0. The zero-order chi connectivity index (χ0) is 14.5. The van der Waals surface area contributed by atoms with E-state index in [-0.39, 0.29) is 0 Å². The summed E-state index contributed by atoms with van der Waals surface area (Å²) in [6, 6.07) is 8.26. The van der Waals surface area contributed by atoms with E-state index in [9.17, 15) is 4.79 Å². The normalized spacial score (nSPS) is 11.9. The molecule has 0 radical (unpaired) electrons. The van der Waals surface area contributed by atoms with Crippen molar-refractivity contribution in [1.29, 1.82) is 0 Å². The van der Waals surface area contributed by atoms with Crippen LogP contribution in [0.15, 0.2) is 36.7 Å². The van der Waals surface area contributed by atoms with Crippen molar-refractivity contribution >= 4 is 17.6 Å². The first kappa shape index (κ1) is 14.1. The Morgan fingerprint density at radius 2 is 2.00 bits per heavy atom. The SMILES string of the molecule is CCc1ccc(C(=C(C=O)c2ncc[nH]2)N(C)C)cc1. The summed E-state index contributed by atoms with van der Waals surface area (Å²) < 4.78 is 0. The topological polar surface area (TPSA) is 49.0 Å². The van der Waals surface area contributed by atoms with Gasteiger partial charge in [-0.25, -0.2) is 4.98 Å². The van der Waals surface area contributed by atoms with Gasteiger partial charge in [0.1, 0.15) is 5.82 Å². The first-order valence-corrected chi connectivity index (χ1v) is 6.63. The van der Waals surface area contributed by atoms with E-state index in [4.69, 9.17) is 0 Å². The van der Waals surface area contributed by atoms with Crippen LogP contribution in [0.5, 0.6) is 0 Å². The number of aryl methyl sites for hydroxylation is 1. The van der Waals surface area contributed by atoms with Crippen molar-refractivity contribution < 1.29 is 4.79 Å². The van der Waals surface area contributed by atoms with Crippen molar-refractivity contribution in [2.24, 2.45) is 0 Å². The molecule has 2 rings (SSSR count). The number of rotatable bonds is 5. The summed E-state index contributed by atoms with van der Waals surface area (Å²) in [6.07, 6.45) is 5.21. The monoisotopic (exact) mass is 269 g/mol. The Balaban J connectivity index is 2.56. The zero-order valence-corrected chi connectivity index (χ0v) is 12.1. The lowest BCUT2D eigenvalue weighted by molar-refractivity contribution is -0.103. The molecule has 0 saturated heterocycles. The van der Waals surface area contributed by atoms with Gasteiger partial charge < -0.3 is 9.88 Å². The van der Waals surface area contributed by atoms with E-state index in [0.717, 1.165) is 24.0 Å². The Bertz CT molecular complexity index is 595. The quantitative estimate of drug-likeness (QED) is 0.670. The summed E-state index contributed by atoms with van der Waals surface area (Å²) >= 11 is 0. The number of nitrogens with one attached hydrogen (secondary N) is 1. The summed E-state index contributed by atoms with van der Waals surface area (Å²) in [5.41, 5.74) is 3.70. The Kier molecular flexibility index (Phi) is 4.35. The fourth-order valence-corrected chi connectivity index (χ4v) is 2.19. The van der Waals surface area contributed by atoms with Crippen LogP contribution in [0.1, 0.15) is 23.9 Å². The van der Waals surface area contributed by atoms with Gasteiger partial charge in [-0.3, -0.25) is 4.79 Å². The lowest BCUT2D eigenvalue weighted by Gasteiger charge is -2.20. The smallest absolute Gasteiger partial charge is 0.155 e. The van der Waals surface area contributed by atoms with E-state index in [1.807, 2.05) is 31.1 Å². The van der Waals surface area contributed by atoms with Crippen LogP contribution >= 0.6 is 0 Å². The second-order valence-electron chi connectivity index (χ2n) is 4.76. The summed E-state index contributed by atoms with van der Waals surface area (Å²) in [7, 11) is 3.85. The zero-order valence-electron chi connectivity index (χ0n) is 12.1. The predicted octanol–water partition coefficient (Wildman–Crippen LogP) is 2.60. The molecule has 0 bridgehead atoms. The highest BCUT2D eigenvalue weighted by molar-refractivity contribution is 6.15. The van der Waals surface area contributed by atoms with Crippen LogP contribution in [-0.4, -0.2) is 35.2 Å². The Morgan fingerprint density at radius 1 is 1.30 bits per heavy atom. The molecule has 2 aromatic rings. The van der Waals surface area contributed by atoms with E-state index in [1.165, 1.54) is 5.56 Å². The minimum Gasteiger partial charge on any atom is -0.376 e. The summed E-state index contributed by atoms with van der Waals surface area (Å²) in [5.74, 6) is 0.586. The number of allylic oxidation sites excluding steroid dienone is 1. The number of benzene rings is 1. The van der Waals surface area contributed by atoms with Gasteiger partial charge in [0.25, 0.3) is 0 Å². The van der Waals surface area contributed by atoms with Crippen LogP contribution in [-0.2, 0) is 11.2 Å². The number of carbonyl (C=O) groups excluding carboxylic acids is 1. The number of hydrogen-bond acceptors (Lipinski definition) is 3. The molecule has 0 unspecified atom stereocenters. The van der Waals surface area contributed by atoms with Crippen molar-refractivity contribution in [2.75, 3.05) is 14.1 Å². The summed E-state index contributed by atoms with van der Waals surface area (Å²) in [6.45, 7) is 2.12. The lowest BCUT2D eigenvalue weighted by Crippen LogP contribution is -2.13. The molecule has 0 aliphatic rings. The highest BCUT2D eigenvalue weighted by Gasteiger charge is 2.14. The van der Waals surface area contributed by atoms with E-state index in [0.29, 0.717) is 11.4 Å². The maximum atomic E-state index is 11.5. The third-order valence-corrected chi connectivity index (χ3v) is 3.21. The molecule has 1 aromatic heterocycles. The van der Waals surface area contributed by atoms with Gasteiger partial charge in [0.2, 0.25) is 0 Å². The molecular formula is C16H19N3O. The molecule has 1 heterocycles. The van der Waals surface area contributed by atoms with Gasteiger partial charge in [-0.15, -0.1) is 0 Å². The van der Waals surface area contributed by atoms with Crippen molar-refractivity contribution in [3.05, 3.63) is 53.6 Å². The molecule has 0 aliphatic carbocycles. The molecule has 0 fully saturated rings. The van der Waals surface area contributed by atoms with Crippen molar-refractivity contribution in [3.63, 3.8) is 0 Å². The van der Waals surface area contributed by atoms with Crippen LogP contribution in [0.2, 0.25) is 0 Å². The van der Waals surface area contributed by atoms with Crippen LogP contribution in [0.3, 0.4) is 0 Å². The van der Waals surface area contributed by atoms with E-state index < -0.39 is 0 Å². The maximum Gasteiger partial charge on any atom is 0.155 e. The largest absolute Gasteiger partial charge is 0.376 e. The minimum absolute atomic E-state index is 0.559. The first-order chi connectivity index (χ1) is 9.67. The fraction of sp³-hybridized carbons (Fsp3) is 0.250. The molecule has 0 spiro atoms. The highest BCUT2D eigenvalue weighted by Crippen LogP contribution is 2.25. The second kappa shape index (κ2) is 6.19. The molecule has 1 N–H and O–H groups in total. The molecule has 1 aromatic carbocycles. The van der Waals surface area contributed by atoms with Gasteiger partial charge in [-0.05, 0) is 17.5 Å². The van der Waals surface area contributed by atoms with Gasteiger partial charge in [-0.1, -0.05) is 31.2 Å². The summed E-state index contributed by atoms with van der Waals surface area (Å²) in [4.78, 5) is 20.6. The first-order valence-electron chi connectivity index (χ1n) is 6.63. The number of aldehydes is 1. The number of imidazole rings is 1. The Morgan fingerprint density at radius 3 is 2.45 bits per heavy atom.